The van der Waals surface area contributed by atoms with Crippen LogP contribution >= 0.6 is 0 Å². The van der Waals surface area contributed by atoms with E-state index in [9.17, 15) is 9.18 Å². The van der Waals surface area contributed by atoms with E-state index >= 15 is 0 Å². The maximum atomic E-state index is 14.4. The molecule has 0 bridgehead atoms. The van der Waals surface area contributed by atoms with Crippen LogP contribution in [0.3, 0.4) is 0 Å². The molecule has 5 aromatic rings. The van der Waals surface area contributed by atoms with Crippen LogP contribution in [-0.2, 0) is 6.42 Å². The number of fused-ring (bicyclic) bond motifs is 1. The second-order valence-corrected chi connectivity index (χ2v) is 8.53. The number of nitrogens with zero attached hydrogens (tertiary/aromatic N) is 1. The molecule has 0 spiro atoms. The number of benzene rings is 3. The summed E-state index contributed by atoms with van der Waals surface area (Å²) in [4.78, 5) is 16.7. The first-order valence-electron chi connectivity index (χ1n) is 11.7. The van der Waals surface area contributed by atoms with Crippen molar-refractivity contribution in [3.63, 3.8) is 0 Å². The molecule has 0 saturated carbocycles. The Balaban J connectivity index is 0.00000336. The van der Waals surface area contributed by atoms with Crippen molar-refractivity contribution >= 4 is 10.9 Å². The smallest absolute Gasteiger partial charge is 0.321 e. The average Bonchev–Trinajstić information content (AvgIpc) is 2.93. The summed E-state index contributed by atoms with van der Waals surface area (Å²) in [5.74, 6) is 1.58. The Kier molecular flexibility index (Phi) is 7.98. The van der Waals surface area contributed by atoms with Gasteiger partial charge in [0.2, 0.25) is 0 Å². The van der Waals surface area contributed by atoms with Crippen molar-refractivity contribution in [2.75, 3.05) is 21.3 Å². The average molecular weight is 533 g/mol. The van der Waals surface area contributed by atoms with E-state index in [1.165, 1.54) is 12.1 Å². The van der Waals surface area contributed by atoms with E-state index in [1.807, 2.05) is 48.5 Å². The first-order chi connectivity index (χ1) is 18.0. The molecule has 0 unspecified atom stereocenters. The van der Waals surface area contributed by atoms with Crippen molar-refractivity contribution in [2.24, 2.45) is 0 Å². The molecule has 3 aromatic carbocycles. The first kappa shape index (κ1) is 26.7. The number of hydrogen-bond donors (Lipinski definition) is 1. The quantitative estimate of drug-likeness (QED) is 0.327. The molecule has 38 heavy (non-hydrogen) atoms. The highest BCUT2D eigenvalue weighted by Crippen LogP contribution is 2.36. The minimum atomic E-state index is -0.388. The summed E-state index contributed by atoms with van der Waals surface area (Å²) in [5.41, 5.74) is 3.67. The predicted molar refractivity (Wildman–Crippen MR) is 140 cm³/mol. The third kappa shape index (κ3) is 5.06. The molecule has 0 radical (unpaired) electrons. The first-order valence-corrected chi connectivity index (χ1v) is 11.7. The minimum Gasteiger partial charge on any atom is -1.00 e. The van der Waals surface area contributed by atoms with Crippen molar-refractivity contribution in [1.82, 2.24) is 4.98 Å². The zero-order chi connectivity index (χ0) is 25.9. The van der Waals surface area contributed by atoms with Gasteiger partial charge in [0, 0.05) is 30.0 Å². The van der Waals surface area contributed by atoms with E-state index in [0.717, 1.165) is 16.5 Å². The topological polar surface area (TPSA) is 64.4 Å². The Hall–Kier alpha value is -4.36. The molecule has 6 nitrogen and oxygen atoms in total. The fraction of sp³-hybridized carbons (Fsp3) is 0.133. The fourth-order valence-corrected chi connectivity index (χ4v) is 4.62. The molecular weight excluding hydrogens is 507 g/mol. The highest BCUT2D eigenvalue weighted by Gasteiger charge is 2.25. The van der Waals surface area contributed by atoms with Crippen LogP contribution in [-0.4, -0.2) is 26.3 Å². The number of H-pyrrole nitrogens is 1. The van der Waals surface area contributed by atoms with Gasteiger partial charge >= 0.3 is 5.56 Å². The number of methoxy groups -OCH3 is 3. The van der Waals surface area contributed by atoms with Gasteiger partial charge in [-0.05, 0) is 47.0 Å². The van der Waals surface area contributed by atoms with E-state index in [4.69, 9.17) is 14.2 Å². The third-order valence-corrected chi connectivity index (χ3v) is 6.35. The zero-order valence-corrected chi connectivity index (χ0v) is 21.9. The number of pyridine rings is 2. The number of ether oxygens (including phenoxy) is 3. The second kappa shape index (κ2) is 11.4. The van der Waals surface area contributed by atoms with Crippen LogP contribution in [0.15, 0.2) is 90.0 Å². The molecule has 2 aromatic heterocycles. The van der Waals surface area contributed by atoms with Crippen molar-refractivity contribution in [3.05, 3.63) is 112 Å². The number of aromatic nitrogens is 2. The molecule has 0 saturated heterocycles. The van der Waals surface area contributed by atoms with Crippen LogP contribution in [0.25, 0.3) is 27.7 Å². The Morgan fingerprint density at radius 2 is 1.58 bits per heavy atom. The van der Waals surface area contributed by atoms with Crippen molar-refractivity contribution < 1.29 is 35.6 Å². The van der Waals surface area contributed by atoms with Gasteiger partial charge in [0.15, 0.2) is 12.4 Å². The summed E-state index contributed by atoms with van der Waals surface area (Å²) >= 11 is 0. The van der Waals surface area contributed by atoms with Gasteiger partial charge in [0.05, 0.1) is 32.4 Å². The molecule has 5 rings (SSSR count). The Morgan fingerprint density at radius 1 is 0.816 bits per heavy atom. The fourth-order valence-electron chi connectivity index (χ4n) is 4.62. The van der Waals surface area contributed by atoms with Crippen molar-refractivity contribution in [2.45, 2.75) is 6.42 Å². The number of aromatic amines is 1. The Morgan fingerprint density at radius 3 is 2.26 bits per heavy atom. The molecule has 0 amide bonds. The summed E-state index contributed by atoms with van der Waals surface area (Å²) in [6.45, 7) is 0. The molecule has 0 aliphatic carbocycles. The lowest BCUT2D eigenvalue weighted by atomic mass is 9.94. The van der Waals surface area contributed by atoms with E-state index in [-0.39, 0.29) is 23.8 Å². The standard InChI is InChI=1S/C30H25FN2O4.ClH/c1-35-23-11-10-19(26(18-23)37-3)14-21-16-24(36-2)17-25-27(20-8-7-9-22(31)15-20)29(30(34)32-28(21)25)33-12-5-4-6-13-33;/h4-13,15-18H,14H2,1-3H3;1H. The van der Waals surface area contributed by atoms with Gasteiger partial charge in [0.25, 0.3) is 5.69 Å². The summed E-state index contributed by atoms with van der Waals surface area (Å²) in [6, 6.07) is 21.2. The van der Waals surface area contributed by atoms with Crippen LogP contribution in [0.4, 0.5) is 4.39 Å². The van der Waals surface area contributed by atoms with E-state index in [1.54, 1.807) is 50.4 Å². The second-order valence-electron chi connectivity index (χ2n) is 8.53. The van der Waals surface area contributed by atoms with Crippen molar-refractivity contribution in [3.8, 4) is 34.1 Å². The van der Waals surface area contributed by atoms with Gasteiger partial charge in [-0.2, -0.15) is 4.57 Å². The third-order valence-electron chi connectivity index (χ3n) is 6.35. The van der Waals surface area contributed by atoms with Crippen molar-refractivity contribution in [1.29, 1.82) is 0 Å². The van der Waals surface area contributed by atoms with Crippen LogP contribution in [0, 0.1) is 5.82 Å². The largest absolute Gasteiger partial charge is 1.00 e. The van der Waals surface area contributed by atoms with E-state index in [0.29, 0.717) is 46.0 Å². The van der Waals surface area contributed by atoms with Gasteiger partial charge in [-0.15, -0.1) is 0 Å². The molecule has 8 heteroatoms. The summed E-state index contributed by atoms with van der Waals surface area (Å²) in [7, 11) is 4.81. The highest BCUT2D eigenvalue weighted by atomic mass is 35.5. The lowest BCUT2D eigenvalue weighted by Gasteiger charge is -2.16. The molecule has 194 valence electrons. The summed E-state index contributed by atoms with van der Waals surface area (Å²) in [5, 5.41) is 0.735. The van der Waals surface area contributed by atoms with Crippen LogP contribution in [0.5, 0.6) is 17.2 Å². The molecule has 0 aliphatic rings. The number of rotatable bonds is 7. The van der Waals surface area contributed by atoms with Crippen LogP contribution in [0.2, 0.25) is 0 Å². The number of hydrogen-bond acceptors (Lipinski definition) is 4. The molecule has 0 atom stereocenters. The lowest BCUT2D eigenvalue weighted by molar-refractivity contribution is -0.596. The van der Waals surface area contributed by atoms with Gasteiger partial charge < -0.3 is 31.6 Å². The SMILES string of the molecule is COc1ccc(Cc2cc(OC)cc3c(-c4cccc(F)c4)c(-[n+]4ccccc4)c(=O)[nH]c23)c(OC)c1.[Cl-]. The Bertz CT molecular complexity index is 1650. The Labute approximate surface area is 225 Å². The summed E-state index contributed by atoms with van der Waals surface area (Å²) < 4.78 is 32.7. The molecule has 0 aliphatic heterocycles. The summed E-state index contributed by atoms with van der Waals surface area (Å²) in [6.07, 6.45) is 4.04. The molecule has 1 N–H and O–H groups in total. The monoisotopic (exact) mass is 532 g/mol. The van der Waals surface area contributed by atoms with Crippen LogP contribution in [0.1, 0.15) is 11.1 Å². The van der Waals surface area contributed by atoms with Crippen LogP contribution < -0.4 is 36.7 Å². The molecule has 0 fully saturated rings. The maximum absolute atomic E-state index is 14.4. The van der Waals surface area contributed by atoms with E-state index < -0.39 is 0 Å². The lowest BCUT2D eigenvalue weighted by Crippen LogP contribution is -3.00. The zero-order valence-electron chi connectivity index (χ0n) is 21.1. The van der Waals surface area contributed by atoms with E-state index in [2.05, 4.69) is 4.98 Å². The minimum absolute atomic E-state index is 0. The van der Waals surface area contributed by atoms with Gasteiger partial charge in [-0.1, -0.05) is 24.3 Å². The van der Waals surface area contributed by atoms with Gasteiger partial charge in [-0.3, -0.25) is 4.79 Å². The predicted octanol–water partition coefficient (Wildman–Crippen LogP) is 2.23. The maximum Gasteiger partial charge on any atom is 0.321 e. The van der Waals surface area contributed by atoms with Gasteiger partial charge in [0.1, 0.15) is 23.1 Å². The van der Waals surface area contributed by atoms with Gasteiger partial charge in [-0.25, -0.2) is 4.39 Å². The molecular formula is C30H26ClFN2O4. The molecule has 2 heterocycles. The number of nitrogens with one attached hydrogen (secondary N) is 1. The normalized spacial score (nSPS) is 10.6. The number of halogens is 2. The highest BCUT2D eigenvalue weighted by molar-refractivity contribution is 6.00.